The molecule has 134 valence electrons. The third-order valence-corrected chi connectivity index (χ3v) is 4.40. The van der Waals surface area contributed by atoms with Gasteiger partial charge in [-0.05, 0) is 31.5 Å². The van der Waals surface area contributed by atoms with Gasteiger partial charge in [-0.15, -0.1) is 0 Å². The number of carbonyl (C=O) groups excluding carboxylic acids is 1. The number of hydrogen-bond donors (Lipinski definition) is 0. The topological polar surface area (TPSA) is 81.6 Å². The second kappa shape index (κ2) is 6.67. The summed E-state index contributed by atoms with van der Waals surface area (Å²) >= 11 is 0. The van der Waals surface area contributed by atoms with Crippen molar-refractivity contribution < 1.29 is 18.5 Å². The molecule has 0 bridgehead atoms. The van der Waals surface area contributed by atoms with Gasteiger partial charge >= 0.3 is 0 Å². The Balaban J connectivity index is 1.44. The number of aryl methyl sites for hydroxylation is 2. The van der Waals surface area contributed by atoms with Crippen LogP contribution in [0.4, 0.5) is 0 Å². The van der Waals surface area contributed by atoms with Gasteiger partial charge in [0.25, 0.3) is 5.91 Å². The van der Waals surface area contributed by atoms with Gasteiger partial charge in [-0.25, -0.2) is 4.98 Å². The van der Waals surface area contributed by atoms with Crippen LogP contribution >= 0.6 is 0 Å². The maximum Gasteiger partial charge on any atom is 0.259 e. The zero-order chi connectivity index (χ0) is 18.1. The maximum absolute atomic E-state index is 12.6. The zero-order valence-corrected chi connectivity index (χ0v) is 14.7. The van der Waals surface area contributed by atoms with E-state index >= 15 is 0 Å². The number of benzene rings is 1. The summed E-state index contributed by atoms with van der Waals surface area (Å²) in [7, 11) is 0. The predicted octanol–water partition coefficient (Wildman–Crippen LogP) is 3.06. The van der Waals surface area contributed by atoms with Crippen LogP contribution in [0.2, 0.25) is 0 Å². The molecule has 7 nitrogen and oxygen atoms in total. The molecule has 0 fully saturated rings. The Morgan fingerprint density at radius 1 is 1.35 bits per heavy atom. The highest BCUT2D eigenvalue weighted by molar-refractivity contribution is 5.94. The predicted molar refractivity (Wildman–Crippen MR) is 91.7 cm³/mol. The van der Waals surface area contributed by atoms with Crippen molar-refractivity contribution in [3.05, 3.63) is 64.7 Å². The first-order chi connectivity index (χ1) is 12.6. The molecular weight excluding hydrogens is 334 g/mol. The summed E-state index contributed by atoms with van der Waals surface area (Å²) in [4.78, 5) is 18.8. The first-order valence-electron chi connectivity index (χ1n) is 8.47. The molecule has 0 aliphatic carbocycles. The molecule has 1 amide bonds. The van der Waals surface area contributed by atoms with E-state index in [0.29, 0.717) is 42.5 Å². The Morgan fingerprint density at radius 3 is 3.00 bits per heavy atom. The standard InChI is InChI=1S/C19H19N3O4/c1-12-4-3-5-14(8-12)24-11-18-21-16-6-7-22(10-17(16)25-18)19(23)15-9-20-26-13(15)2/h3-5,8-9H,6-7,10-11H2,1-2H3. The molecule has 0 N–H and O–H groups in total. The van der Waals surface area contributed by atoms with Crippen molar-refractivity contribution in [3.8, 4) is 5.75 Å². The van der Waals surface area contributed by atoms with Crippen LogP contribution in [0.1, 0.15) is 39.0 Å². The number of ether oxygens (including phenoxy) is 1. The average molecular weight is 353 g/mol. The number of rotatable bonds is 4. The van der Waals surface area contributed by atoms with Gasteiger partial charge in [-0.3, -0.25) is 4.79 Å². The SMILES string of the molecule is Cc1cccc(OCc2nc3c(o2)CN(C(=O)c2cnoc2C)CC3)c1. The van der Waals surface area contributed by atoms with E-state index in [2.05, 4.69) is 10.1 Å². The fourth-order valence-electron chi connectivity index (χ4n) is 3.01. The number of nitrogens with zero attached hydrogens (tertiary/aromatic N) is 3. The van der Waals surface area contributed by atoms with E-state index in [0.717, 1.165) is 17.0 Å². The van der Waals surface area contributed by atoms with E-state index in [-0.39, 0.29) is 12.5 Å². The lowest BCUT2D eigenvalue weighted by Gasteiger charge is -2.24. The molecule has 1 aliphatic heterocycles. The van der Waals surface area contributed by atoms with Crippen molar-refractivity contribution in [2.24, 2.45) is 0 Å². The first kappa shape index (κ1) is 16.4. The number of oxazole rings is 1. The largest absolute Gasteiger partial charge is 0.484 e. The molecule has 3 heterocycles. The lowest BCUT2D eigenvalue weighted by molar-refractivity contribution is 0.0716. The van der Waals surface area contributed by atoms with Gasteiger partial charge in [0.2, 0.25) is 5.89 Å². The van der Waals surface area contributed by atoms with Crippen LogP contribution in [0.25, 0.3) is 0 Å². The molecule has 4 rings (SSSR count). The molecule has 0 spiro atoms. The fourth-order valence-corrected chi connectivity index (χ4v) is 3.01. The van der Waals surface area contributed by atoms with Crippen molar-refractivity contribution in [3.63, 3.8) is 0 Å². The first-order valence-corrected chi connectivity index (χ1v) is 8.47. The van der Waals surface area contributed by atoms with Gasteiger partial charge in [0.05, 0.1) is 18.4 Å². The third-order valence-electron chi connectivity index (χ3n) is 4.40. The van der Waals surface area contributed by atoms with Gasteiger partial charge in [0.15, 0.2) is 6.61 Å². The fraction of sp³-hybridized carbons (Fsp3) is 0.316. The number of aromatic nitrogens is 2. The van der Waals surface area contributed by atoms with Crippen LogP contribution in [-0.2, 0) is 19.6 Å². The van der Waals surface area contributed by atoms with Crippen LogP contribution in [0, 0.1) is 13.8 Å². The van der Waals surface area contributed by atoms with Gasteiger partial charge in [0, 0.05) is 13.0 Å². The van der Waals surface area contributed by atoms with E-state index in [1.807, 2.05) is 31.2 Å². The zero-order valence-electron chi connectivity index (χ0n) is 14.7. The van der Waals surface area contributed by atoms with E-state index < -0.39 is 0 Å². The van der Waals surface area contributed by atoms with Crippen LogP contribution < -0.4 is 4.74 Å². The monoisotopic (exact) mass is 353 g/mol. The second-order valence-corrected chi connectivity index (χ2v) is 6.36. The molecule has 1 aromatic carbocycles. The Labute approximate surface area is 150 Å². The van der Waals surface area contributed by atoms with Crippen molar-refractivity contribution in [2.45, 2.75) is 33.4 Å². The highest BCUT2D eigenvalue weighted by atomic mass is 16.5. The average Bonchev–Trinajstić information content (AvgIpc) is 3.24. The quantitative estimate of drug-likeness (QED) is 0.717. The van der Waals surface area contributed by atoms with Crippen LogP contribution in [-0.4, -0.2) is 27.5 Å². The minimum absolute atomic E-state index is 0.108. The molecule has 0 radical (unpaired) electrons. The molecule has 26 heavy (non-hydrogen) atoms. The van der Waals surface area contributed by atoms with Gasteiger partial charge < -0.3 is 18.6 Å². The third kappa shape index (κ3) is 3.20. The Hall–Kier alpha value is -3.09. The van der Waals surface area contributed by atoms with Crippen LogP contribution in [0.15, 0.2) is 39.4 Å². The molecule has 0 saturated carbocycles. The molecule has 0 saturated heterocycles. The Morgan fingerprint density at radius 2 is 2.23 bits per heavy atom. The molecule has 0 unspecified atom stereocenters. The summed E-state index contributed by atoms with van der Waals surface area (Å²) in [5.41, 5.74) is 2.50. The van der Waals surface area contributed by atoms with Crippen LogP contribution in [0.5, 0.6) is 5.75 Å². The van der Waals surface area contributed by atoms with Crippen molar-refractivity contribution in [1.29, 1.82) is 0 Å². The van der Waals surface area contributed by atoms with Gasteiger partial charge in [-0.2, -0.15) is 0 Å². The summed E-state index contributed by atoms with van der Waals surface area (Å²) < 4.78 is 16.5. The number of amides is 1. The second-order valence-electron chi connectivity index (χ2n) is 6.36. The minimum Gasteiger partial charge on any atom is -0.484 e. The molecule has 2 aromatic heterocycles. The smallest absolute Gasteiger partial charge is 0.259 e. The highest BCUT2D eigenvalue weighted by Gasteiger charge is 2.28. The summed E-state index contributed by atoms with van der Waals surface area (Å²) in [6.07, 6.45) is 2.11. The molecular formula is C19H19N3O4. The maximum atomic E-state index is 12.6. The van der Waals surface area contributed by atoms with Crippen molar-refractivity contribution >= 4 is 5.91 Å². The number of carbonyl (C=O) groups is 1. The summed E-state index contributed by atoms with van der Waals surface area (Å²) in [5.74, 6) is 2.42. The van der Waals surface area contributed by atoms with E-state index in [1.54, 1.807) is 11.8 Å². The van der Waals surface area contributed by atoms with Crippen molar-refractivity contribution in [1.82, 2.24) is 15.0 Å². The Kier molecular flexibility index (Phi) is 4.20. The number of hydrogen-bond acceptors (Lipinski definition) is 6. The summed E-state index contributed by atoms with van der Waals surface area (Å²) in [5, 5.41) is 3.67. The van der Waals surface area contributed by atoms with E-state index in [4.69, 9.17) is 13.7 Å². The summed E-state index contributed by atoms with van der Waals surface area (Å²) in [6.45, 7) is 4.97. The Bertz CT molecular complexity index is 944. The molecule has 0 atom stereocenters. The highest BCUT2D eigenvalue weighted by Crippen LogP contribution is 2.23. The molecule has 3 aromatic rings. The lowest BCUT2D eigenvalue weighted by atomic mass is 10.1. The van der Waals surface area contributed by atoms with Gasteiger partial charge in [-0.1, -0.05) is 17.3 Å². The van der Waals surface area contributed by atoms with E-state index in [1.165, 1.54) is 6.20 Å². The molecule has 1 aliphatic rings. The van der Waals surface area contributed by atoms with Crippen LogP contribution in [0.3, 0.4) is 0 Å². The summed E-state index contributed by atoms with van der Waals surface area (Å²) in [6, 6.07) is 7.82. The van der Waals surface area contributed by atoms with Crippen molar-refractivity contribution in [2.75, 3.05) is 6.54 Å². The minimum atomic E-state index is -0.108. The normalized spacial score (nSPS) is 13.5. The van der Waals surface area contributed by atoms with E-state index in [9.17, 15) is 4.79 Å². The number of fused-ring (bicyclic) bond motifs is 1. The lowest BCUT2D eigenvalue weighted by Crippen LogP contribution is -2.35. The molecule has 7 heteroatoms. The van der Waals surface area contributed by atoms with Gasteiger partial charge in [0.1, 0.15) is 22.8 Å².